The summed E-state index contributed by atoms with van der Waals surface area (Å²) >= 11 is 3.22. The lowest BCUT2D eigenvalue weighted by atomic mass is 10.0. The molecule has 1 heterocycles. The number of halogens is 2. The maximum absolute atomic E-state index is 14.2. The molecule has 2 aromatic rings. The van der Waals surface area contributed by atoms with E-state index in [1.807, 2.05) is 26.1 Å². The molecule has 0 aliphatic carbocycles. The summed E-state index contributed by atoms with van der Waals surface area (Å²) in [5, 5.41) is 7.43. The number of rotatable bonds is 4. The molecule has 0 bridgehead atoms. The third-order valence-electron chi connectivity index (χ3n) is 2.86. The fourth-order valence-electron chi connectivity index (χ4n) is 1.99. The van der Waals surface area contributed by atoms with E-state index in [1.54, 1.807) is 23.0 Å². The van der Waals surface area contributed by atoms with Crippen LogP contribution in [-0.2, 0) is 7.05 Å². The van der Waals surface area contributed by atoms with E-state index in [0.717, 1.165) is 12.2 Å². The zero-order valence-electron chi connectivity index (χ0n) is 10.3. The summed E-state index contributed by atoms with van der Waals surface area (Å²) in [6.07, 6.45) is 1.72. The number of hydrogen-bond donors (Lipinski definition) is 1. The summed E-state index contributed by atoms with van der Waals surface area (Å²) in [5.41, 5.74) is 1.56. The van der Waals surface area contributed by atoms with Crippen LogP contribution >= 0.6 is 15.9 Å². The number of benzene rings is 1. The highest BCUT2D eigenvalue weighted by Crippen LogP contribution is 2.27. The lowest BCUT2D eigenvalue weighted by Crippen LogP contribution is -2.25. The van der Waals surface area contributed by atoms with Crippen molar-refractivity contribution in [3.8, 4) is 0 Å². The first-order valence-corrected chi connectivity index (χ1v) is 6.59. The van der Waals surface area contributed by atoms with Crippen LogP contribution in [0, 0.1) is 5.82 Å². The van der Waals surface area contributed by atoms with E-state index in [4.69, 9.17) is 0 Å². The van der Waals surface area contributed by atoms with Gasteiger partial charge in [0.2, 0.25) is 0 Å². The molecule has 0 spiro atoms. The fraction of sp³-hybridized carbons (Fsp3) is 0.308. The minimum absolute atomic E-state index is 0.194. The minimum Gasteiger partial charge on any atom is -0.305 e. The highest BCUT2D eigenvalue weighted by Gasteiger charge is 2.20. The molecule has 1 unspecified atom stereocenters. The predicted molar refractivity (Wildman–Crippen MR) is 72.8 cm³/mol. The highest BCUT2D eigenvalue weighted by atomic mass is 79.9. The molecular weight excluding hydrogens is 297 g/mol. The van der Waals surface area contributed by atoms with Gasteiger partial charge in [-0.2, -0.15) is 5.10 Å². The Morgan fingerprint density at radius 2 is 2.22 bits per heavy atom. The van der Waals surface area contributed by atoms with Crippen molar-refractivity contribution in [3.63, 3.8) is 0 Å². The maximum Gasteiger partial charge on any atom is 0.142 e. The fourth-order valence-corrected chi connectivity index (χ4v) is 2.37. The Morgan fingerprint density at radius 3 is 2.83 bits per heavy atom. The van der Waals surface area contributed by atoms with Gasteiger partial charge < -0.3 is 5.32 Å². The average Bonchev–Trinajstić information content (AvgIpc) is 2.76. The van der Waals surface area contributed by atoms with E-state index >= 15 is 0 Å². The van der Waals surface area contributed by atoms with Crippen LogP contribution in [0.2, 0.25) is 0 Å². The van der Waals surface area contributed by atoms with E-state index in [2.05, 4.69) is 26.3 Å². The normalized spacial score (nSPS) is 12.7. The van der Waals surface area contributed by atoms with Crippen LogP contribution in [-0.4, -0.2) is 16.3 Å². The number of nitrogens with one attached hydrogen (secondary N) is 1. The van der Waals surface area contributed by atoms with Crippen LogP contribution in [0.5, 0.6) is 0 Å². The van der Waals surface area contributed by atoms with Crippen LogP contribution in [0.1, 0.15) is 24.2 Å². The van der Waals surface area contributed by atoms with E-state index in [0.29, 0.717) is 10.0 Å². The SMILES string of the molecule is CCNC(c1cccc(Br)c1F)c1ccnn1C. The van der Waals surface area contributed by atoms with Crippen molar-refractivity contribution in [1.82, 2.24) is 15.1 Å². The zero-order valence-corrected chi connectivity index (χ0v) is 11.9. The molecule has 0 aliphatic rings. The molecule has 0 radical (unpaired) electrons. The van der Waals surface area contributed by atoms with Crippen molar-refractivity contribution in [2.75, 3.05) is 6.54 Å². The van der Waals surface area contributed by atoms with Gasteiger partial charge in [0.1, 0.15) is 5.82 Å². The maximum atomic E-state index is 14.2. The van der Waals surface area contributed by atoms with Crippen LogP contribution < -0.4 is 5.32 Å². The van der Waals surface area contributed by atoms with Crippen molar-refractivity contribution in [2.45, 2.75) is 13.0 Å². The van der Waals surface area contributed by atoms with Crippen molar-refractivity contribution in [3.05, 3.63) is 52.0 Å². The molecule has 5 heteroatoms. The zero-order chi connectivity index (χ0) is 13.1. The van der Waals surface area contributed by atoms with Gasteiger partial charge in [-0.1, -0.05) is 19.1 Å². The monoisotopic (exact) mass is 311 g/mol. The van der Waals surface area contributed by atoms with E-state index < -0.39 is 0 Å². The minimum atomic E-state index is -0.232. The van der Waals surface area contributed by atoms with Gasteiger partial charge in [0.15, 0.2) is 0 Å². The first-order chi connectivity index (χ1) is 8.65. The molecule has 1 aromatic heterocycles. The number of hydrogen-bond acceptors (Lipinski definition) is 2. The Balaban J connectivity index is 2.48. The number of aryl methyl sites for hydroxylation is 1. The second-order valence-electron chi connectivity index (χ2n) is 4.01. The molecule has 3 nitrogen and oxygen atoms in total. The van der Waals surface area contributed by atoms with Gasteiger partial charge in [-0.25, -0.2) is 4.39 Å². The summed E-state index contributed by atoms with van der Waals surface area (Å²) in [5.74, 6) is -0.232. The third-order valence-corrected chi connectivity index (χ3v) is 3.47. The smallest absolute Gasteiger partial charge is 0.142 e. The molecule has 0 amide bonds. The van der Waals surface area contributed by atoms with Gasteiger partial charge in [0.25, 0.3) is 0 Å². The molecule has 1 N–H and O–H groups in total. The number of aromatic nitrogens is 2. The Morgan fingerprint density at radius 1 is 1.44 bits per heavy atom. The summed E-state index contributed by atoms with van der Waals surface area (Å²) in [4.78, 5) is 0. The van der Waals surface area contributed by atoms with Gasteiger partial charge in [0, 0.05) is 18.8 Å². The van der Waals surface area contributed by atoms with Gasteiger partial charge in [-0.15, -0.1) is 0 Å². The molecule has 2 rings (SSSR count). The highest BCUT2D eigenvalue weighted by molar-refractivity contribution is 9.10. The second-order valence-corrected chi connectivity index (χ2v) is 4.87. The van der Waals surface area contributed by atoms with Crippen molar-refractivity contribution in [2.24, 2.45) is 7.05 Å². The van der Waals surface area contributed by atoms with Gasteiger partial charge in [-0.05, 0) is 34.6 Å². The largest absolute Gasteiger partial charge is 0.305 e. The molecule has 1 aromatic carbocycles. The standard InChI is InChI=1S/C13H15BrFN3/c1-3-16-13(11-7-8-17-18(11)2)9-5-4-6-10(14)12(9)15/h4-8,13,16H,3H2,1-2H3. The second kappa shape index (κ2) is 5.63. The first kappa shape index (κ1) is 13.2. The Labute approximate surface area is 114 Å². The number of nitrogens with zero attached hydrogens (tertiary/aromatic N) is 2. The molecular formula is C13H15BrFN3. The van der Waals surface area contributed by atoms with E-state index in [-0.39, 0.29) is 11.9 Å². The van der Waals surface area contributed by atoms with Crippen LogP contribution in [0.25, 0.3) is 0 Å². The van der Waals surface area contributed by atoms with Crippen molar-refractivity contribution < 1.29 is 4.39 Å². The van der Waals surface area contributed by atoms with Crippen LogP contribution in [0.15, 0.2) is 34.9 Å². The summed E-state index contributed by atoms with van der Waals surface area (Å²) in [6, 6.07) is 7.03. The van der Waals surface area contributed by atoms with E-state index in [1.165, 1.54) is 0 Å². The topological polar surface area (TPSA) is 29.9 Å². The molecule has 0 aliphatic heterocycles. The van der Waals surface area contributed by atoms with Crippen LogP contribution in [0.3, 0.4) is 0 Å². The average molecular weight is 312 g/mol. The predicted octanol–water partition coefficient (Wildman–Crippen LogP) is 3.02. The molecule has 0 saturated carbocycles. The lowest BCUT2D eigenvalue weighted by Gasteiger charge is -2.19. The van der Waals surface area contributed by atoms with E-state index in [9.17, 15) is 4.39 Å². The third kappa shape index (κ3) is 2.47. The summed E-state index contributed by atoms with van der Waals surface area (Å²) in [7, 11) is 1.86. The van der Waals surface area contributed by atoms with Gasteiger partial charge in [-0.3, -0.25) is 4.68 Å². The van der Waals surface area contributed by atoms with Crippen molar-refractivity contribution >= 4 is 15.9 Å². The summed E-state index contributed by atoms with van der Waals surface area (Å²) in [6.45, 7) is 2.75. The summed E-state index contributed by atoms with van der Waals surface area (Å²) < 4.78 is 16.4. The van der Waals surface area contributed by atoms with Gasteiger partial charge >= 0.3 is 0 Å². The molecule has 0 fully saturated rings. The van der Waals surface area contributed by atoms with Crippen LogP contribution in [0.4, 0.5) is 4.39 Å². The molecule has 0 saturated heterocycles. The molecule has 96 valence electrons. The lowest BCUT2D eigenvalue weighted by molar-refractivity contribution is 0.529. The quantitative estimate of drug-likeness (QED) is 0.940. The molecule has 18 heavy (non-hydrogen) atoms. The van der Waals surface area contributed by atoms with Gasteiger partial charge in [0.05, 0.1) is 16.2 Å². The Hall–Kier alpha value is -1.20. The Bertz CT molecular complexity index is 539. The van der Waals surface area contributed by atoms with Crippen molar-refractivity contribution in [1.29, 1.82) is 0 Å². The molecule has 1 atom stereocenters. The Kier molecular flexibility index (Phi) is 4.14. The first-order valence-electron chi connectivity index (χ1n) is 5.80.